The minimum absolute atomic E-state index is 0.308. The van der Waals surface area contributed by atoms with Crippen molar-refractivity contribution in [3.63, 3.8) is 0 Å². The molecule has 0 amide bonds. The van der Waals surface area contributed by atoms with Crippen LogP contribution in [0.2, 0.25) is 0 Å². The molecule has 0 spiro atoms. The molecule has 106 valence electrons. The highest BCUT2D eigenvalue weighted by molar-refractivity contribution is 7.09. The van der Waals surface area contributed by atoms with Gasteiger partial charge in [-0.1, -0.05) is 6.92 Å². The number of rotatable bonds is 7. The summed E-state index contributed by atoms with van der Waals surface area (Å²) < 4.78 is 6.12. The summed E-state index contributed by atoms with van der Waals surface area (Å²) in [5.41, 5.74) is 2.26. The molecule has 1 aliphatic heterocycles. The molecule has 0 bridgehead atoms. The van der Waals surface area contributed by atoms with Crippen LogP contribution in [0.1, 0.15) is 37.5 Å². The fourth-order valence-electron chi connectivity index (χ4n) is 3.37. The van der Waals surface area contributed by atoms with E-state index < -0.39 is 0 Å². The van der Waals surface area contributed by atoms with Gasteiger partial charge in [0, 0.05) is 29.6 Å². The Labute approximate surface area is 119 Å². The van der Waals surface area contributed by atoms with Crippen molar-refractivity contribution in [2.45, 2.75) is 45.1 Å². The molecular formula is C15H24N2OS. The molecule has 1 aromatic heterocycles. The molecule has 2 heterocycles. The normalized spacial score (nSPS) is 30.9. The van der Waals surface area contributed by atoms with Gasteiger partial charge in [-0.2, -0.15) is 0 Å². The predicted molar refractivity (Wildman–Crippen MR) is 78.5 cm³/mol. The van der Waals surface area contributed by atoms with Gasteiger partial charge >= 0.3 is 0 Å². The smallest absolute Gasteiger partial charge is 0.0794 e. The van der Waals surface area contributed by atoms with Crippen molar-refractivity contribution in [3.8, 4) is 0 Å². The Balaban J connectivity index is 1.73. The first-order valence-corrected chi connectivity index (χ1v) is 8.42. The SMILES string of the molecule is CCCNCC1(Cc2cncs2)CCOC1C1CC1. The highest BCUT2D eigenvalue weighted by Crippen LogP contribution is 2.49. The van der Waals surface area contributed by atoms with Gasteiger partial charge in [0.25, 0.3) is 0 Å². The molecule has 3 nitrogen and oxygen atoms in total. The molecule has 3 rings (SSSR count). The third-order valence-corrected chi connectivity index (χ3v) is 5.24. The van der Waals surface area contributed by atoms with Crippen LogP contribution in [0.25, 0.3) is 0 Å². The van der Waals surface area contributed by atoms with E-state index in [-0.39, 0.29) is 0 Å². The Hall–Kier alpha value is -0.450. The molecule has 1 saturated heterocycles. The lowest BCUT2D eigenvalue weighted by Crippen LogP contribution is -2.43. The van der Waals surface area contributed by atoms with Crippen molar-refractivity contribution in [1.82, 2.24) is 10.3 Å². The average molecular weight is 280 g/mol. The van der Waals surface area contributed by atoms with E-state index in [2.05, 4.69) is 17.2 Å². The third-order valence-electron chi connectivity index (χ3n) is 4.46. The van der Waals surface area contributed by atoms with Crippen molar-refractivity contribution in [3.05, 3.63) is 16.6 Å². The van der Waals surface area contributed by atoms with Gasteiger partial charge in [0.2, 0.25) is 0 Å². The lowest BCUT2D eigenvalue weighted by molar-refractivity contribution is 0.0310. The molecular weight excluding hydrogens is 256 g/mol. The Morgan fingerprint density at radius 2 is 2.42 bits per heavy atom. The number of thiazole rings is 1. The average Bonchev–Trinajstić information content (AvgIpc) is 2.97. The van der Waals surface area contributed by atoms with Crippen LogP contribution in [-0.2, 0) is 11.2 Å². The number of aromatic nitrogens is 1. The van der Waals surface area contributed by atoms with Crippen molar-refractivity contribution < 1.29 is 4.74 Å². The van der Waals surface area contributed by atoms with E-state index in [9.17, 15) is 0 Å². The fraction of sp³-hybridized carbons (Fsp3) is 0.800. The highest BCUT2D eigenvalue weighted by atomic mass is 32.1. The van der Waals surface area contributed by atoms with Crippen molar-refractivity contribution in [2.75, 3.05) is 19.7 Å². The maximum Gasteiger partial charge on any atom is 0.0794 e. The van der Waals surface area contributed by atoms with E-state index in [1.165, 1.54) is 30.6 Å². The standard InChI is InChI=1S/C15H24N2OS/c1-2-6-16-10-15(8-13-9-17-11-19-13)5-7-18-14(15)12-3-4-12/h9,11-12,14,16H,2-8,10H2,1H3. The Kier molecular flexibility index (Phi) is 4.20. The van der Waals surface area contributed by atoms with Gasteiger partial charge in [-0.05, 0) is 44.6 Å². The van der Waals surface area contributed by atoms with Gasteiger partial charge in [-0.15, -0.1) is 11.3 Å². The highest BCUT2D eigenvalue weighted by Gasteiger charge is 2.50. The Bertz CT molecular complexity index is 391. The summed E-state index contributed by atoms with van der Waals surface area (Å²) in [5, 5.41) is 3.65. The van der Waals surface area contributed by atoms with E-state index in [4.69, 9.17) is 4.74 Å². The van der Waals surface area contributed by atoms with E-state index in [0.29, 0.717) is 11.5 Å². The second kappa shape index (κ2) is 5.90. The molecule has 0 aromatic carbocycles. The van der Waals surface area contributed by atoms with Crippen molar-refractivity contribution in [1.29, 1.82) is 0 Å². The van der Waals surface area contributed by atoms with E-state index >= 15 is 0 Å². The van der Waals surface area contributed by atoms with Crippen LogP contribution in [0.15, 0.2) is 11.7 Å². The van der Waals surface area contributed by atoms with Gasteiger partial charge in [0.05, 0.1) is 11.6 Å². The number of hydrogen-bond donors (Lipinski definition) is 1. The summed E-state index contributed by atoms with van der Waals surface area (Å²) in [7, 11) is 0. The molecule has 1 aliphatic carbocycles. The second-order valence-electron chi connectivity index (χ2n) is 6.06. The van der Waals surface area contributed by atoms with Crippen LogP contribution in [0.4, 0.5) is 0 Å². The van der Waals surface area contributed by atoms with Gasteiger partial charge in [-0.25, -0.2) is 0 Å². The number of nitrogens with zero attached hydrogens (tertiary/aromatic N) is 1. The molecule has 1 saturated carbocycles. The topological polar surface area (TPSA) is 34.2 Å². The summed E-state index contributed by atoms with van der Waals surface area (Å²) in [4.78, 5) is 5.65. The van der Waals surface area contributed by atoms with Crippen molar-refractivity contribution in [2.24, 2.45) is 11.3 Å². The van der Waals surface area contributed by atoms with Crippen LogP contribution in [0, 0.1) is 11.3 Å². The fourth-order valence-corrected chi connectivity index (χ4v) is 4.12. The van der Waals surface area contributed by atoms with E-state index in [0.717, 1.165) is 32.0 Å². The second-order valence-corrected chi connectivity index (χ2v) is 7.03. The lowest BCUT2D eigenvalue weighted by atomic mass is 9.75. The molecule has 2 fully saturated rings. The lowest BCUT2D eigenvalue weighted by Gasteiger charge is -2.34. The number of hydrogen-bond acceptors (Lipinski definition) is 4. The minimum atomic E-state index is 0.308. The molecule has 2 unspecified atom stereocenters. The zero-order chi connectivity index (χ0) is 13.1. The first kappa shape index (κ1) is 13.5. The third kappa shape index (κ3) is 3.01. The first-order chi connectivity index (χ1) is 9.34. The van der Waals surface area contributed by atoms with E-state index in [1.54, 1.807) is 11.3 Å². The molecule has 1 aromatic rings. The van der Waals surface area contributed by atoms with Gasteiger partial charge in [0.1, 0.15) is 0 Å². The molecule has 2 atom stereocenters. The molecule has 19 heavy (non-hydrogen) atoms. The molecule has 1 N–H and O–H groups in total. The zero-order valence-corrected chi connectivity index (χ0v) is 12.5. The predicted octanol–water partition coefficient (Wildman–Crippen LogP) is 2.87. The quantitative estimate of drug-likeness (QED) is 0.780. The van der Waals surface area contributed by atoms with Crippen molar-refractivity contribution >= 4 is 11.3 Å². The maximum absolute atomic E-state index is 6.12. The van der Waals surface area contributed by atoms with E-state index in [1.807, 2.05) is 11.7 Å². The van der Waals surface area contributed by atoms with Crippen LogP contribution in [0.5, 0.6) is 0 Å². The Morgan fingerprint density at radius 3 is 3.11 bits per heavy atom. The van der Waals surface area contributed by atoms with Gasteiger partial charge in [-0.3, -0.25) is 4.98 Å². The monoisotopic (exact) mass is 280 g/mol. The van der Waals surface area contributed by atoms with Gasteiger partial charge < -0.3 is 10.1 Å². The summed E-state index contributed by atoms with van der Waals surface area (Å²) in [6, 6.07) is 0. The maximum atomic E-state index is 6.12. The summed E-state index contributed by atoms with van der Waals surface area (Å²) in [5.74, 6) is 0.818. The van der Waals surface area contributed by atoms with Gasteiger partial charge in [0.15, 0.2) is 0 Å². The largest absolute Gasteiger partial charge is 0.377 e. The summed E-state index contributed by atoms with van der Waals surface area (Å²) in [6.07, 6.45) is 8.77. The summed E-state index contributed by atoms with van der Waals surface area (Å²) in [6.45, 7) is 5.38. The van der Waals surface area contributed by atoms with Crippen LogP contribution in [-0.4, -0.2) is 30.8 Å². The minimum Gasteiger partial charge on any atom is -0.377 e. The Morgan fingerprint density at radius 1 is 1.53 bits per heavy atom. The first-order valence-electron chi connectivity index (χ1n) is 7.54. The van der Waals surface area contributed by atoms with Crippen LogP contribution in [0.3, 0.4) is 0 Å². The van der Waals surface area contributed by atoms with Crippen LogP contribution < -0.4 is 5.32 Å². The molecule has 0 radical (unpaired) electrons. The molecule has 4 heteroatoms. The zero-order valence-electron chi connectivity index (χ0n) is 11.7. The number of nitrogens with one attached hydrogen (secondary N) is 1. The van der Waals surface area contributed by atoms with Crippen LogP contribution >= 0.6 is 11.3 Å². The summed E-state index contributed by atoms with van der Waals surface area (Å²) >= 11 is 1.79. The number of ether oxygens (including phenoxy) is 1. The molecule has 2 aliphatic rings.